The first-order valence-corrected chi connectivity index (χ1v) is 4.06. The number of aliphatic hydroxyl groups is 1. The standard InChI is InChI=1S/C8H16O3/c1-10-5-8(4-9)7-2-3-11-6-7/h7-9H,2-6H2,1H3. The lowest BCUT2D eigenvalue weighted by molar-refractivity contribution is 0.0682. The highest BCUT2D eigenvalue weighted by Gasteiger charge is 2.24. The molecule has 66 valence electrons. The van der Waals surface area contributed by atoms with E-state index in [-0.39, 0.29) is 12.5 Å². The summed E-state index contributed by atoms with van der Waals surface area (Å²) in [5, 5.41) is 8.98. The second kappa shape index (κ2) is 4.70. The highest BCUT2D eigenvalue weighted by atomic mass is 16.5. The van der Waals surface area contributed by atoms with Crippen molar-refractivity contribution < 1.29 is 14.6 Å². The van der Waals surface area contributed by atoms with Gasteiger partial charge < -0.3 is 14.6 Å². The molecule has 2 unspecified atom stereocenters. The number of aliphatic hydroxyl groups excluding tert-OH is 1. The highest BCUT2D eigenvalue weighted by molar-refractivity contribution is 4.72. The molecule has 3 nitrogen and oxygen atoms in total. The van der Waals surface area contributed by atoms with E-state index in [1.54, 1.807) is 7.11 Å². The zero-order chi connectivity index (χ0) is 8.10. The summed E-state index contributed by atoms with van der Waals surface area (Å²) in [5.41, 5.74) is 0. The van der Waals surface area contributed by atoms with E-state index in [1.807, 2.05) is 0 Å². The summed E-state index contributed by atoms with van der Waals surface area (Å²) in [4.78, 5) is 0. The predicted molar refractivity (Wildman–Crippen MR) is 41.4 cm³/mol. The van der Waals surface area contributed by atoms with Crippen molar-refractivity contribution in [3.05, 3.63) is 0 Å². The van der Waals surface area contributed by atoms with Crippen LogP contribution in [0.2, 0.25) is 0 Å². The van der Waals surface area contributed by atoms with E-state index in [4.69, 9.17) is 14.6 Å². The van der Waals surface area contributed by atoms with Gasteiger partial charge in [-0.1, -0.05) is 0 Å². The van der Waals surface area contributed by atoms with E-state index in [0.29, 0.717) is 12.5 Å². The molecule has 0 aromatic heterocycles. The summed E-state index contributed by atoms with van der Waals surface area (Å²) in [7, 11) is 1.67. The molecule has 1 rings (SSSR count). The van der Waals surface area contributed by atoms with Crippen LogP contribution in [-0.2, 0) is 9.47 Å². The van der Waals surface area contributed by atoms with Gasteiger partial charge in [0, 0.05) is 32.8 Å². The van der Waals surface area contributed by atoms with Crippen LogP contribution in [0.4, 0.5) is 0 Å². The quantitative estimate of drug-likeness (QED) is 0.642. The third-order valence-electron chi connectivity index (χ3n) is 2.25. The minimum atomic E-state index is 0.210. The molecule has 1 aliphatic rings. The molecule has 0 aliphatic carbocycles. The van der Waals surface area contributed by atoms with E-state index in [2.05, 4.69) is 0 Å². The van der Waals surface area contributed by atoms with Crippen LogP contribution in [-0.4, -0.2) is 38.6 Å². The average Bonchev–Trinajstić information content (AvgIpc) is 2.52. The molecule has 1 aliphatic heterocycles. The Morgan fingerprint density at radius 1 is 1.73 bits per heavy atom. The van der Waals surface area contributed by atoms with Crippen molar-refractivity contribution in [2.45, 2.75) is 6.42 Å². The number of methoxy groups -OCH3 is 1. The van der Waals surface area contributed by atoms with Crippen molar-refractivity contribution in [1.82, 2.24) is 0 Å². The van der Waals surface area contributed by atoms with Crippen LogP contribution in [0.5, 0.6) is 0 Å². The van der Waals surface area contributed by atoms with Gasteiger partial charge in [-0.2, -0.15) is 0 Å². The summed E-state index contributed by atoms with van der Waals surface area (Å²) >= 11 is 0. The average molecular weight is 160 g/mol. The van der Waals surface area contributed by atoms with Crippen molar-refractivity contribution >= 4 is 0 Å². The van der Waals surface area contributed by atoms with Crippen LogP contribution in [0.1, 0.15) is 6.42 Å². The Bertz CT molecular complexity index is 99.5. The monoisotopic (exact) mass is 160 g/mol. The lowest BCUT2D eigenvalue weighted by atomic mass is 9.93. The fourth-order valence-corrected chi connectivity index (χ4v) is 1.48. The highest BCUT2D eigenvalue weighted by Crippen LogP contribution is 2.21. The third kappa shape index (κ3) is 2.43. The molecule has 0 saturated carbocycles. The largest absolute Gasteiger partial charge is 0.396 e. The van der Waals surface area contributed by atoms with Gasteiger partial charge >= 0.3 is 0 Å². The Hall–Kier alpha value is -0.120. The van der Waals surface area contributed by atoms with E-state index in [9.17, 15) is 0 Å². The molecule has 1 heterocycles. The summed E-state index contributed by atoms with van der Waals surface area (Å²) < 4.78 is 10.2. The van der Waals surface area contributed by atoms with Crippen LogP contribution in [0, 0.1) is 11.8 Å². The molecule has 0 spiro atoms. The van der Waals surface area contributed by atoms with Gasteiger partial charge in [0.25, 0.3) is 0 Å². The normalized spacial score (nSPS) is 27.3. The fraction of sp³-hybridized carbons (Fsp3) is 1.00. The molecule has 11 heavy (non-hydrogen) atoms. The van der Waals surface area contributed by atoms with Crippen LogP contribution < -0.4 is 0 Å². The van der Waals surface area contributed by atoms with Gasteiger partial charge in [0.15, 0.2) is 0 Å². The minimum Gasteiger partial charge on any atom is -0.396 e. The van der Waals surface area contributed by atoms with Crippen LogP contribution >= 0.6 is 0 Å². The lowest BCUT2D eigenvalue weighted by Gasteiger charge is -2.18. The predicted octanol–water partition coefficient (Wildman–Crippen LogP) is 0.278. The maximum atomic E-state index is 8.98. The van der Waals surface area contributed by atoms with Gasteiger partial charge in [-0.3, -0.25) is 0 Å². The van der Waals surface area contributed by atoms with Gasteiger partial charge in [-0.15, -0.1) is 0 Å². The van der Waals surface area contributed by atoms with Crippen molar-refractivity contribution in [3.63, 3.8) is 0 Å². The zero-order valence-electron chi connectivity index (χ0n) is 6.95. The maximum Gasteiger partial charge on any atom is 0.0515 e. The Labute approximate surface area is 67.3 Å². The van der Waals surface area contributed by atoms with Crippen molar-refractivity contribution in [2.75, 3.05) is 33.5 Å². The van der Waals surface area contributed by atoms with E-state index in [1.165, 1.54) is 0 Å². The Balaban J connectivity index is 2.27. The molecule has 1 saturated heterocycles. The van der Waals surface area contributed by atoms with Crippen LogP contribution in [0.3, 0.4) is 0 Å². The number of ether oxygens (including phenoxy) is 2. The first kappa shape index (κ1) is 8.97. The summed E-state index contributed by atoms with van der Waals surface area (Å²) in [5.74, 6) is 0.766. The molecule has 1 fully saturated rings. The molecule has 0 bridgehead atoms. The maximum absolute atomic E-state index is 8.98. The Kier molecular flexibility index (Phi) is 3.83. The van der Waals surface area contributed by atoms with Gasteiger partial charge in [-0.25, -0.2) is 0 Å². The molecule has 0 radical (unpaired) electrons. The molecule has 3 heteroatoms. The SMILES string of the molecule is COCC(CO)C1CCOC1. The van der Waals surface area contributed by atoms with E-state index in [0.717, 1.165) is 19.6 Å². The first-order chi connectivity index (χ1) is 5.38. The van der Waals surface area contributed by atoms with Crippen LogP contribution in [0.15, 0.2) is 0 Å². The molecule has 0 amide bonds. The van der Waals surface area contributed by atoms with Gasteiger partial charge in [0.1, 0.15) is 0 Å². The van der Waals surface area contributed by atoms with Crippen molar-refractivity contribution in [2.24, 2.45) is 11.8 Å². The molecule has 2 atom stereocenters. The summed E-state index contributed by atoms with van der Waals surface area (Å²) in [6, 6.07) is 0. The second-order valence-corrected chi connectivity index (χ2v) is 3.02. The third-order valence-corrected chi connectivity index (χ3v) is 2.25. The van der Waals surface area contributed by atoms with E-state index < -0.39 is 0 Å². The van der Waals surface area contributed by atoms with Crippen molar-refractivity contribution in [3.8, 4) is 0 Å². The molecule has 1 N–H and O–H groups in total. The molecule has 0 aromatic rings. The Morgan fingerprint density at radius 3 is 3.00 bits per heavy atom. The van der Waals surface area contributed by atoms with Gasteiger partial charge in [0.05, 0.1) is 6.61 Å². The van der Waals surface area contributed by atoms with Gasteiger partial charge in [0.2, 0.25) is 0 Å². The lowest BCUT2D eigenvalue weighted by Crippen LogP contribution is -2.23. The first-order valence-electron chi connectivity index (χ1n) is 4.06. The van der Waals surface area contributed by atoms with Crippen LogP contribution in [0.25, 0.3) is 0 Å². The molecular formula is C8H16O3. The Morgan fingerprint density at radius 2 is 2.55 bits per heavy atom. The molecular weight excluding hydrogens is 144 g/mol. The minimum absolute atomic E-state index is 0.210. The van der Waals surface area contributed by atoms with Crippen molar-refractivity contribution in [1.29, 1.82) is 0 Å². The fourth-order valence-electron chi connectivity index (χ4n) is 1.48. The number of rotatable bonds is 4. The zero-order valence-corrected chi connectivity index (χ0v) is 6.95. The number of hydrogen-bond donors (Lipinski definition) is 1. The van der Waals surface area contributed by atoms with Gasteiger partial charge in [-0.05, 0) is 12.3 Å². The topological polar surface area (TPSA) is 38.7 Å². The second-order valence-electron chi connectivity index (χ2n) is 3.02. The van der Waals surface area contributed by atoms with E-state index >= 15 is 0 Å². The smallest absolute Gasteiger partial charge is 0.0515 e. The molecule has 0 aromatic carbocycles. The number of hydrogen-bond acceptors (Lipinski definition) is 3. The summed E-state index contributed by atoms with van der Waals surface area (Å²) in [6.45, 7) is 2.48. The summed E-state index contributed by atoms with van der Waals surface area (Å²) in [6.07, 6.45) is 1.06.